The van der Waals surface area contributed by atoms with Crippen molar-refractivity contribution < 1.29 is 23.4 Å². The van der Waals surface area contributed by atoms with Crippen LogP contribution in [0.3, 0.4) is 0 Å². The highest BCUT2D eigenvalue weighted by Gasteiger charge is 2.45. The summed E-state index contributed by atoms with van der Waals surface area (Å²) in [6.45, 7) is 1.94. The standard InChI is InChI=1S/C18H24FNO4/c1-22-16-6-3-11-24-18(16)7-9-20(10-8-18)17(21)13-23-15-5-2-4-14(19)12-15/h2,4-5,12,16H,3,6-11,13H2,1H3/t16-/m0/s1. The molecule has 2 aliphatic heterocycles. The summed E-state index contributed by atoms with van der Waals surface area (Å²) in [5, 5.41) is 0. The summed E-state index contributed by atoms with van der Waals surface area (Å²) >= 11 is 0. The number of rotatable bonds is 4. The van der Waals surface area contributed by atoms with Gasteiger partial charge in [-0.25, -0.2) is 4.39 Å². The number of carbonyl (C=O) groups excluding carboxylic acids is 1. The van der Waals surface area contributed by atoms with E-state index in [9.17, 15) is 9.18 Å². The SMILES string of the molecule is CO[C@H]1CCCOC12CCN(C(=O)COc1cccc(F)c1)CC2. The molecule has 24 heavy (non-hydrogen) atoms. The minimum Gasteiger partial charge on any atom is -0.484 e. The van der Waals surface area contributed by atoms with E-state index in [1.54, 1.807) is 24.1 Å². The van der Waals surface area contributed by atoms with Crippen molar-refractivity contribution in [2.45, 2.75) is 37.4 Å². The number of ether oxygens (including phenoxy) is 3. The molecule has 1 aromatic carbocycles. The Balaban J connectivity index is 1.51. The van der Waals surface area contributed by atoms with Gasteiger partial charge in [0.05, 0.1) is 11.7 Å². The summed E-state index contributed by atoms with van der Waals surface area (Å²) in [6.07, 6.45) is 3.68. The van der Waals surface area contributed by atoms with Crippen molar-refractivity contribution in [3.63, 3.8) is 0 Å². The molecule has 0 bridgehead atoms. The fourth-order valence-corrected chi connectivity index (χ4v) is 3.63. The first-order chi connectivity index (χ1) is 11.6. The van der Waals surface area contributed by atoms with Crippen LogP contribution in [-0.2, 0) is 14.3 Å². The average molecular weight is 337 g/mol. The van der Waals surface area contributed by atoms with Gasteiger partial charge < -0.3 is 19.1 Å². The molecule has 6 heteroatoms. The van der Waals surface area contributed by atoms with E-state index in [2.05, 4.69) is 0 Å². The van der Waals surface area contributed by atoms with Crippen molar-refractivity contribution >= 4 is 5.91 Å². The van der Waals surface area contributed by atoms with Crippen molar-refractivity contribution in [1.29, 1.82) is 0 Å². The highest BCUT2D eigenvalue weighted by Crippen LogP contribution is 2.36. The molecule has 0 saturated carbocycles. The number of hydrogen-bond donors (Lipinski definition) is 0. The fourth-order valence-electron chi connectivity index (χ4n) is 3.63. The maximum absolute atomic E-state index is 13.1. The van der Waals surface area contributed by atoms with Crippen molar-refractivity contribution in [3.05, 3.63) is 30.1 Å². The quantitative estimate of drug-likeness (QED) is 0.846. The van der Waals surface area contributed by atoms with Gasteiger partial charge in [-0.3, -0.25) is 4.79 Å². The molecule has 0 aromatic heterocycles. The number of amides is 1. The predicted octanol–water partition coefficient (Wildman–Crippen LogP) is 2.39. The van der Waals surface area contributed by atoms with Crippen LogP contribution in [-0.4, -0.2) is 55.9 Å². The molecule has 0 radical (unpaired) electrons. The van der Waals surface area contributed by atoms with Gasteiger partial charge >= 0.3 is 0 Å². The summed E-state index contributed by atoms with van der Waals surface area (Å²) in [4.78, 5) is 14.1. The second-order valence-electron chi connectivity index (χ2n) is 6.41. The van der Waals surface area contributed by atoms with Crippen LogP contribution < -0.4 is 4.74 Å². The van der Waals surface area contributed by atoms with Gasteiger partial charge in [-0.05, 0) is 37.8 Å². The van der Waals surface area contributed by atoms with Crippen molar-refractivity contribution in [2.24, 2.45) is 0 Å². The predicted molar refractivity (Wildman–Crippen MR) is 86.4 cm³/mol. The van der Waals surface area contributed by atoms with E-state index in [0.717, 1.165) is 32.3 Å². The first-order valence-electron chi connectivity index (χ1n) is 8.46. The molecule has 2 fully saturated rings. The van der Waals surface area contributed by atoms with Gasteiger partial charge in [-0.2, -0.15) is 0 Å². The average Bonchev–Trinajstić information content (AvgIpc) is 2.61. The van der Waals surface area contributed by atoms with Crippen LogP contribution in [0.15, 0.2) is 24.3 Å². The van der Waals surface area contributed by atoms with E-state index in [0.29, 0.717) is 18.8 Å². The van der Waals surface area contributed by atoms with Gasteiger partial charge in [-0.15, -0.1) is 0 Å². The molecule has 0 aliphatic carbocycles. The third-order valence-corrected chi connectivity index (χ3v) is 4.99. The summed E-state index contributed by atoms with van der Waals surface area (Å²) in [5.41, 5.74) is -0.257. The first-order valence-corrected chi connectivity index (χ1v) is 8.46. The third kappa shape index (κ3) is 3.70. The fraction of sp³-hybridized carbons (Fsp3) is 0.611. The molecule has 2 saturated heterocycles. The molecule has 1 spiro atoms. The lowest BCUT2D eigenvalue weighted by Crippen LogP contribution is -2.57. The minimum atomic E-state index is -0.375. The molecule has 5 nitrogen and oxygen atoms in total. The number of nitrogens with zero attached hydrogens (tertiary/aromatic N) is 1. The van der Waals surface area contributed by atoms with Gasteiger partial charge in [0.25, 0.3) is 5.91 Å². The van der Waals surface area contributed by atoms with E-state index in [1.165, 1.54) is 12.1 Å². The van der Waals surface area contributed by atoms with E-state index < -0.39 is 0 Å². The second-order valence-corrected chi connectivity index (χ2v) is 6.41. The van der Waals surface area contributed by atoms with Crippen LogP contribution in [0, 0.1) is 5.82 Å². The molecular weight excluding hydrogens is 313 g/mol. The van der Waals surface area contributed by atoms with Gasteiger partial charge in [0.15, 0.2) is 6.61 Å². The molecule has 2 heterocycles. The van der Waals surface area contributed by atoms with Crippen LogP contribution in [0.25, 0.3) is 0 Å². The maximum atomic E-state index is 13.1. The molecule has 1 amide bonds. The van der Waals surface area contributed by atoms with Gasteiger partial charge in [0.2, 0.25) is 0 Å². The Morgan fingerprint density at radius 2 is 2.21 bits per heavy atom. The van der Waals surface area contributed by atoms with E-state index >= 15 is 0 Å². The normalized spacial score (nSPS) is 23.2. The highest BCUT2D eigenvalue weighted by atomic mass is 19.1. The third-order valence-electron chi connectivity index (χ3n) is 4.99. The molecule has 2 aliphatic rings. The number of methoxy groups -OCH3 is 1. The lowest BCUT2D eigenvalue weighted by molar-refractivity contribution is -0.188. The molecule has 3 rings (SSSR count). The zero-order valence-electron chi connectivity index (χ0n) is 14.0. The molecule has 1 atom stereocenters. The minimum absolute atomic E-state index is 0.0784. The Morgan fingerprint density at radius 3 is 2.92 bits per heavy atom. The number of piperidine rings is 1. The van der Waals surface area contributed by atoms with Crippen LogP contribution >= 0.6 is 0 Å². The van der Waals surface area contributed by atoms with Crippen molar-refractivity contribution in [3.8, 4) is 5.75 Å². The summed E-state index contributed by atoms with van der Waals surface area (Å²) < 4.78 is 30.2. The van der Waals surface area contributed by atoms with Crippen molar-refractivity contribution in [2.75, 3.05) is 33.4 Å². The van der Waals surface area contributed by atoms with Crippen LogP contribution in [0.1, 0.15) is 25.7 Å². The van der Waals surface area contributed by atoms with E-state index in [1.807, 2.05) is 0 Å². The van der Waals surface area contributed by atoms with Crippen molar-refractivity contribution in [1.82, 2.24) is 4.90 Å². The van der Waals surface area contributed by atoms with Crippen LogP contribution in [0.5, 0.6) is 5.75 Å². The number of halogens is 1. The van der Waals surface area contributed by atoms with Gasteiger partial charge in [-0.1, -0.05) is 6.07 Å². The lowest BCUT2D eigenvalue weighted by Gasteiger charge is -2.47. The Kier molecular flexibility index (Phi) is 5.36. The molecular formula is C18H24FNO4. The molecule has 1 aromatic rings. The number of carbonyl (C=O) groups is 1. The van der Waals surface area contributed by atoms with Crippen LogP contribution in [0.2, 0.25) is 0 Å². The summed E-state index contributed by atoms with van der Waals surface area (Å²) in [7, 11) is 1.73. The molecule has 0 unspecified atom stereocenters. The Morgan fingerprint density at radius 1 is 1.42 bits per heavy atom. The Bertz CT molecular complexity index is 572. The Labute approximate surface area is 141 Å². The largest absolute Gasteiger partial charge is 0.484 e. The number of likely N-dealkylation sites (tertiary alicyclic amines) is 1. The number of benzene rings is 1. The zero-order valence-corrected chi connectivity index (χ0v) is 14.0. The van der Waals surface area contributed by atoms with Gasteiger partial charge in [0.1, 0.15) is 11.6 Å². The maximum Gasteiger partial charge on any atom is 0.260 e. The lowest BCUT2D eigenvalue weighted by atomic mass is 9.82. The Hall–Kier alpha value is -1.66. The topological polar surface area (TPSA) is 48.0 Å². The second kappa shape index (κ2) is 7.49. The van der Waals surface area contributed by atoms with E-state index in [-0.39, 0.29) is 30.0 Å². The highest BCUT2D eigenvalue weighted by molar-refractivity contribution is 5.77. The summed E-state index contributed by atoms with van der Waals surface area (Å²) in [6, 6.07) is 5.82. The zero-order chi connectivity index (χ0) is 17.0. The van der Waals surface area contributed by atoms with Gasteiger partial charge in [0, 0.05) is 32.9 Å². The summed E-state index contributed by atoms with van der Waals surface area (Å²) in [5.74, 6) is -0.0919. The van der Waals surface area contributed by atoms with E-state index in [4.69, 9.17) is 14.2 Å². The smallest absolute Gasteiger partial charge is 0.260 e. The molecule has 132 valence electrons. The molecule has 0 N–H and O–H groups in total. The number of hydrogen-bond acceptors (Lipinski definition) is 4. The monoisotopic (exact) mass is 337 g/mol. The first kappa shape index (κ1) is 17.2. The van der Waals surface area contributed by atoms with Crippen LogP contribution in [0.4, 0.5) is 4.39 Å².